The van der Waals surface area contributed by atoms with Gasteiger partial charge in [-0.1, -0.05) is 37.3 Å². The van der Waals surface area contributed by atoms with E-state index in [2.05, 4.69) is 17.0 Å². The first-order valence-corrected chi connectivity index (χ1v) is 5.51. The molecule has 0 aromatic heterocycles. The van der Waals surface area contributed by atoms with Crippen molar-refractivity contribution >= 4 is 12.1 Å². The number of nitrogens with one attached hydrogen (secondary N) is 1. The van der Waals surface area contributed by atoms with Gasteiger partial charge in [0.1, 0.15) is 12.6 Å². The molecule has 1 unspecified atom stereocenters. The number of rotatable bonds is 5. The molecule has 1 atom stereocenters. The SMILES string of the molecule is [CH2]CC(NC(=O)OCc1ccccc1)C(=O)OC. The fraction of sp³-hybridized carbons (Fsp3) is 0.308. The Hall–Kier alpha value is -2.04. The molecule has 1 aromatic carbocycles. The predicted octanol–water partition coefficient (Wildman–Crippen LogP) is 1.68. The number of hydrogen-bond acceptors (Lipinski definition) is 4. The molecule has 0 bridgehead atoms. The van der Waals surface area contributed by atoms with Crippen LogP contribution < -0.4 is 5.32 Å². The number of benzene rings is 1. The van der Waals surface area contributed by atoms with Crippen LogP contribution in [-0.4, -0.2) is 25.2 Å². The van der Waals surface area contributed by atoms with Gasteiger partial charge in [0.2, 0.25) is 0 Å². The van der Waals surface area contributed by atoms with Crippen LogP contribution in [0.5, 0.6) is 0 Å². The highest BCUT2D eigenvalue weighted by Crippen LogP contribution is 2.01. The highest BCUT2D eigenvalue weighted by Gasteiger charge is 2.19. The van der Waals surface area contributed by atoms with Crippen LogP contribution in [0, 0.1) is 6.92 Å². The minimum absolute atomic E-state index is 0.151. The molecular formula is C13H16NO4. The van der Waals surface area contributed by atoms with E-state index >= 15 is 0 Å². The topological polar surface area (TPSA) is 64.6 Å². The summed E-state index contributed by atoms with van der Waals surface area (Å²) >= 11 is 0. The Kier molecular flexibility index (Phi) is 5.70. The summed E-state index contributed by atoms with van der Waals surface area (Å²) < 4.78 is 9.49. The average molecular weight is 250 g/mol. The van der Waals surface area contributed by atoms with Crippen molar-refractivity contribution in [1.29, 1.82) is 0 Å². The van der Waals surface area contributed by atoms with Gasteiger partial charge in [0.05, 0.1) is 7.11 Å². The highest BCUT2D eigenvalue weighted by atomic mass is 16.6. The van der Waals surface area contributed by atoms with Crippen LogP contribution in [0.3, 0.4) is 0 Å². The number of esters is 1. The molecule has 0 fully saturated rings. The lowest BCUT2D eigenvalue weighted by atomic mass is 10.2. The summed E-state index contributed by atoms with van der Waals surface area (Å²) in [5.74, 6) is -0.540. The van der Waals surface area contributed by atoms with Crippen LogP contribution in [0.25, 0.3) is 0 Å². The molecule has 0 aliphatic heterocycles. The van der Waals surface area contributed by atoms with Gasteiger partial charge in [0.25, 0.3) is 0 Å². The molecule has 1 N–H and O–H groups in total. The zero-order valence-corrected chi connectivity index (χ0v) is 10.2. The predicted molar refractivity (Wildman–Crippen MR) is 65.5 cm³/mol. The fourth-order valence-electron chi connectivity index (χ4n) is 1.30. The smallest absolute Gasteiger partial charge is 0.408 e. The van der Waals surface area contributed by atoms with Crippen molar-refractivity contribution in [2.75, 3.05) is 7.11 Å². The average Bonchev–Trinajstić information content (AvgIpc) is 2.42. The second kappa shape index (κ2) is 7.32. The molecule has 0 aliphatic rings. The number of amides is 1. The minimum atomic E-state index is -0.779. The zero-order valence-electron chi connectivity index (χ0n) is 10.2. The van der Waals surface area contributed by atoms with E-state index in [4.69, 9.17) is 4.74 Å². The third kappa shape index (κ3) is 4.45. The van der Waals surface area contributed by atoms with E-state index in [1.165, 1.54) is 7.11 Å². The molecular weight excluding hydrogens is 234 g/mol. The molecule has 18 heavy (non-hydrogen) atoms. The number of carbonyl (C=O) groups excluding carboxylic acids is 2. The van der Waals surface area contributed by atoms with E-state index in [0.717, 1.165) is 5.56 Å². The van der Waals surface area contributed by atoms with Gasteiger partial charge in [-0.3, -0.25) is 0 Å². The first-order valence-electron chi connectivity index (χ1n) is 5.51. The zero-order chi connectivity index (χ0) is 13.4. The largest absolute Gasteiger partial charge is 0.467 e. The molecule has 5 nitrogen and oxygen atoms in total. The van der Waals surface area contributed by atoms with Crippen molar-refractivity contribution in [3.05, 3.63) is 42.8 Å². The summed E-state index contributed by atoms with van der Waals surface area (Å²) in [5, 5.41) is 2.39. The first kappa shape index (κ1) is 14.0. The monoisotopic (exact) mass is 250 g/mol. The maximum atomic E-state index is 11.4. The molecule has 1 amide bonds. The Balaban J connectivity index is 2.39. The summed E-state index contributed by atoms with van der Waals surface area (Å²) in [7, 11) is 1.25. The van der Waals surface area contributed by atoms with Gasteiger partial charge in [-0.25, -0.2) is 9.59 Å². The second-order valence-corrected chi connectivity index (χ2v) is 3.57. The number of carbonyl (C=O) groups is 2. The van der Waals surface area contributed by atoms with E-state index in [0.29, 0.717) is 0 Å². The van der Waals surface area contributed by atoms with Crippen LogP contribution in [0.4, 0.5) is 4.79 Å². The van der Waals surface area contributed by atoms with Gasteiger partial charge in [-0.05, 0) is 12.0 Å². The Labute approximate surface area is 106 Å². The van der Waals surface area contributed by atoms with Crippen molar-refractivity contribution in [3.63, 3.8) is 0 Å². The maximum Gasteiger partial charge on any atom is 0.408 e. The minimum Gasteiger partial charge on any atom is -0.467 e. The van der Waals surface area contributed by atoms with E-state index in [1.54, 1.807) is 0 Å². The fourth-order valence-corrected chi connectivity index (χ4v) is 1.30. The normalized spacial score (nSPS) is 11.4. The molecule has 0 saturated carbocycles. The molecule has 0 saturated heterocycles. The van der Waals surface area contributed by atoms with Crippen LogP contribution >= 0.6 is 0 Å². The molecule has 5 heteroatoms. The summed E-state index contributed by atoms with van der Waals surface area (Å²) in [6.07, 6.45) is -0.467. The number of methoxy groups -OCH3 is 1. The van der Waals surface area contributed by atoms with Gasteiger partial charge >= 0.3 is 12.1 Å². The van der Waals surface area contributed by atoms with Crippen molar-refractivity contribution in [2.45, 2.75) is 19.1 Å². The van der Waals surface area contributed by atoms with Crippen molar-refractivity contribution < 1.29 is 19.1 Å². The van der Waals surface area contributed by atoms with E-state index < -0.39 is 18.1 Å². The lowest BCUT2D eigenvalue weighted by molar-refractivity contribution is -0.142. The molecule has 1 aromatic rings. The Bertz CT molecular complexity index is 391. The maximum absolute atomic E-state index is 11.4. The molecule has 1 radical (unpaired) electrons. The highest BCUT2D eigenvalue weighted by molar-refractivity contribution is 5.81. The van der Waals surface area contributed by atoms with Crippen molar-refractivity contribution in [1.82, 2.24) is 5.32 Å². The molecule has 0 spiro atoms. The second-order valence-electron chi connectivity index (χ2n) is 3.57. The summed E-state index contributed by atoms with van der Waals surface area (Å²) in [5.41, 5.74) is 0.872. The van der Waals surface area contributed by atoms with Gasteiger partial charge < -0.3 is 14.8 Å². The van der Waals surface area contributed by atoms with Gasteiger partial charge in [0.15, 0.2) is 0 Å². The summed E-state index contributed by atoms with van der Waals surface area (Å²) in [6, 6.07) is 8.48. The lowest BCUT2D eigenvalue weighted by Crippen LogP contribution is -2.41. The van der Waals surface area contributed by atoms with Crippen molar-refractivity contribution in [2.24, 2.45) is 0 Å². The first-order chi connectivity index (χ1) is 8.67. The van der Waals surface area contributed by atoms with Crippen LogP contribution in [0.15, 0.2) is 30.3 Å². The van der Waals surface area contributed by atoms with E-state index in [1.807, 2.05) is 30.3 Å². The van der Waals surface area contributed by atoms with Crippen molar-refractivity contribution in [3.8, 4) is 0 Å². The van der Waals surface area contributed by atoms with Gasteiger partial charge in [-0.2, -0.15) is 0 Å². The summed E-state index contributed by atoms with van der Waals surface area (Å²) in [6.45, 7) is 3.71. The Morgan fingerprint density at radius 3 is 2.56 bits per heavy atom. The number of hydrogen-bond donors (Lipinski definition) is 1. The van der Waals surface area contributed by atoms with E-state index in [-0.39, 0.29) is 13.0 Å². The Morgan fingerprint density at radius 1 is 1.33 bits per heavy atom. The quantitative estimate of drug-likeness (QED) is 0.807. The lowest BCUT2D eigenvalue weighted by Gasteiger charge is -2.14. The van der Waals surface area contributed by atoms with E-state index in [9.17, 15) is 9.59 Å². The van der Waals surface area contributed by atoms with Gasteiger partial charge in [-0.15, -0.1) is 0 Å². The third-order valence-electron chi connectivity index (χ3n) is 2.28. The van der Waals surface area contributed by atoms with Crippen LogP contribution in [0.2, 0.25) is 0 Å². The number of alkyl carbamates (subject to hydrolysis) is 1. The van der Waals surface area contributed by atoms with Gasteiger partial charge in [0, 0.05) is 0 Å². The standard InChI is InChI=1S/C13H16NO4/c1-3-11(12(15)17-2)14-13(16)18-9-10-7-5-4-6-8-10/h4-8,11H,1,3,9H2,2H3,(H,14,16). The third-order valence-corrected chi connectivity index (χ3v) is 2.28. The summed E-state index contributed by atoms with van der Waals surface area (Å²) in [4.78, 5) is 22.7. The Morgan fingerprint density at radius 2 is 2.00 bits per heavy atom. The van der Waals surface area contributed by atoms with Crippen LogP contribution in [-0.2, 0) is 20.9 Å². The molecule has 0 heterocycles. The number of ether oxygens (including phenoxy) is 2. The van der Waals surface area contributed by atoms with Crippen LogP contribution in [0.1, 0.15) is 12.0 Å². The molecule has 97 valence electrons. The molecule has 1 rings (SSSR count). The molecule has 0 aliphatic carbocycles.